The normalized spacial score (nSPS) is 18.7. The highest BCUT2D eigenvalue weighted by molar-refractivity contribution is 8.00. The van der Waals surface area contributed by atoms with E-state index in [-0.39, 0.29) is 0 Å². The van der Waals surface area contributed by atoms with E-state index in [0.29, 0.717) is 17.2 Å². The van der Waals surface area contributed by atoms with Crippen LogP contribution in [0.1, 0.15) is 0 Å². The summed E-state index contributed by atoms with van der Waals surface area (Å²) >= 11 is 16.8. The third kappa shape index (κ3) is 2.29. The Bertz CT molecular complexity index is 349. The Hall–Kier alpha value is 0.350. The van der Waals surface area contributed by atoms with Gasteiger partial charge in [-0.3, -0.25) is 0 Å². The molecule has 8 heteroatoms. The summed E-state index contributed by atoms with van der Waals surface area (Å²) in [6.07, 6.45) is 0. The van der Waals surface area contributed by atoms with Crippen molar-refractivity contribution in [2.45, 2.75) is 0 Å². The van der Waals surface area contributed by atoms with Gasteiger partial charge in [0.25, 0.3) is 6.85 Å². The van der Waals surface area contributed by atoms with Gasteiger partial charge in [-0.05, 0) is 45.9 Å². The SMILES string of the molecule is ClP(Cl)Oc1cccc2c1OP(Cl)O2. The first kappa shape index (κ1) is 10.9. The van der Waals surface area contributed by atoms with Crippen molar-refractivity contribution >= 4 is 48.3 Å². The summed E-state index contributed by atoms with van der Waals surface area (Å²) in [4.78, 5) is 0. The van der Waals surface area contributed by atoms with E-state index in [1.807, 2.05) is 0 Å². The van der Waals surface area contributed by atoms with Crippen LogP contribution in [-0.2, 0) is 0 Å². The summed E-state index contributed by atoms with van der Waals surface area (Å²) < 4.78 is 15.5. The molecule has 2 rings (SSSR count). The highest BCUT2D eigenvalue weighted by Crippen LogP contribution is 2.60. The van der Waals surface area contributed by atoms with Crippen LogP contribution in [0.2, 0.25) is 0 Å². The van der Waals surface area contributed by atoms with E-state index in [1.54, 1.807) is 18.2 Å². The Morgan fingerprint density at radius 1 is 1.29 bits per heavy atom. The van der Waals surface area contributed by atoms with Crippen molar-refractivity contribution in [1.82, 2.24) is 0 Å². The zero-order valence-electron chi connectivity index (χ0n) is 6.49. The summed E-state index contributed by atoms with van der Waals surface area (Å²) in [5.74, 6) is 1.46. The molecular weight excluding hydrogens is 288 g/mol. The molecule has 14 heavy (non-hydrogen) atoms. The Kier molecular flexibility index (Phi) is 3.46. The molecule has 1 atom stereocenters. The molecule has 1 aromatic carbocycles. The minimum Gasteiger partial charge on any atom is -0.441 e. The molecule has 1 unspecified atom stereocenters. The number of fused-ring (bicyclic) bond motifs is 1. The van der Waals surface area contributed by atoms with Gasteiger partial charge in [0.05, 0.1) is 0 Å². The molecule has 0 N–H and O–H groups in total. The zero-order chi connectivity index (χ0) is 10.1. The van der Waals surface area contributed by atoms with E-state index >= 15 is 0 Å². The lowest BCUT2D eigenvalue weighted by Crippen LogP contribution is -1.81. The van der Waals surface area contributed by atoms with E-state index in [2.05, 4.69) is 0 Å². The molecule has 1 aliphatic rings. The van der Waals surface area contributed by atoms with Crippen molar-refractivity contribution in [3.8, 4) is 17.2 Å². The second kappa shape index (κ2) is 4.47. The summed E-state index contributed by atoms with van der Waals surface area (Å²) in [5.41, 5.74) is 0. The zero-order valence-corrected chi connectivity index (χ0v) is 10.5. The van der Waals surface area contributed by atoms with Crippen LogP contribution in [0.5, 0.6) is 17.2 Å². The van der Waals surface area contributed by atoms with Crippen molar-refractivity contribution in [2.24, 2.45) is 0 Å². The predicted molar refractivity (Wildman–Crippen MR) is 59.7 cm³/mol. The average molecular weight is 291 g/mol. The molecule has 3 nitrogen and oxygen atoms in total. The third-order valence-corrected chi connectivity index (χ3v) is 3.27. The number of benzene rings is 1. The van der Waals surface area contributed by atoms with Crippen LogP contribution < -0.4 is 13.6 Å². The highest BCUT2D eigenvalue weighted by atomic mass is 35.9. The summed E-state index contributed by atoms with van der Waals surface area (Å²) in [6.45, 7) is -1.52. The third-order valence-electron chi connectivity index (χ3n) is 1.44. The largest absolute Gasteiger partial charge is 0.441 e. The van der Waals surface area contributed by atoms with Crippen molar-refractivity contribution in [3.05, 3.63) is 18.2 Å². The first-order valence-electron chi connectivity index (χ1n) is 3.41. The fourth-order valence-corrected chi connectivity index (χ4v) is 2.80. The van der Waals surface area contributed by atoms with Gasteiger partial charge >= 0.3 is 7.73 Å². The van der Waals surface area contributed by atoms with Crippen LogP contribution in [-0.4, -0.2) is 0 Å². The molecule has 0 bridgehead atoms. The first-order valence-corrected chi connectivity index (χ1v) is 8.56. The van der Waals surface area contributed by atoms with Gasteiger partial charge < -0.3 is 13.6 Å². The molecule has 0 saturated carbocycles. The predicted octanol–water partition coefficient (Wildman–Crippen LogP) is 5.01. The molecule has 0 saturated heterocycles. The van der Waals surface area contributed by atoms with Gasteiger partial charge in [-0.25, -0.2) is 0 Å². The highest BCUT2D eigenvalue weighted by Gasteiger charge is 2.28. The molecule has 1 aliphatic heterocycles. The van der Waals surface area contributed by atoms with Crippen molar-refractivity contribution < 1.29 is 13.6 Å². The molecule has 1 aromatic rings. The maximum atomic E-state index is 5.69. The molecule has 0 aromatic heterocycles. The lowest BCUT2D eigenvalue weighted by atomic mass is 10.3. The summed E-state index contributed by atoms with van der Waals surface area (Å²) in [7, 11) is -1.42. The number of halogens is 3. The van der Waals surface area contributed by atoms with Crippen molar-refractivity contribution in [1.29, 1.82) is 0 Å². The lowest BCUT2D eigenvalue weighted by Gasteiger charge is -2.06. The molecular formula is C6H3Cl3O3P2. The van der Waals surface area contributed by atoms with Gasteiger partial charge in [-0.2, -0.15) is 0 Å². The van der Waals surface area contributed by atoms with Gasteiger partial charge in [0.2, 0.25) is 5.75 Å². The van der Waals surface area contributed by atoms with E-state index in [0.717, 1.165) is 0 Å². The second-order valence-corrected chi connectivity index (χ2v) is 6.84. The molecule has 0 amide bonds. The van der Waals surface area contributed by atoms with Crippen LogP contribution >= 0.6 is 48.3 Å². The van der Waals surface area contributed by atoms with Gasteiger partial charge in [0.15, 0.2) is 11.5 Å². The van der Waals surface area contributed by atoms with E-state index in [4.69, 9.17) is 47.3 Å². The molecule has 0 radical (unpaired) electrons. The summed E-state index contributed by atoms with van der Waals surface area (Å²) in [6, 6.07) is 5.17. The molecule has 76 valence electrons. The van der Waals surface area contributed by atoms with Crippen LogP contribution in [0.25, 0.3) is 0 Å². The maximum Gasteiger partial charge on any atom is 0.401 e. The van der Waals surface area contributed by atoms with Gasteiger partial charge in [-0.15, -0.1) is 0 Å². The maximum absolute atomic E-state index is 5.69. The fraction of sp³-hybridized carbons (Fsp3) is 0. The number of hydrogen-bond donors (Lipinski definition) is 0. The van der Waals surface area contributed by atoms with Crippen LogP contribution in [0.15, 0.2) is 18.2 Å². The molecule has 1 heterocycles. The van der Waals surface area contributed by atoms with Crippen LogP contribution in [0, 0.1) is 0 Å². The quantitative estimate of drug-likeness (QED) is 0.717. The average Bonchev–Trinajstić information content (AvgIpc) is 2.45. The minimum absolute atomic E-state index is 0.448. The van der Waals surface area contributed by atoms with Crippen molar-refractivity contribution in [2.75, 3.05) is 0 Å². The summed E-state index contributed by atoms with van der Waals surface area (Å²) in [5, 5.41) is 0. The smallest absolute Gasteiger partial charge is 0.401 e. The Labute approximate surface area is 97.3 Å². The Balaban J connectivity index is 2.30. The second-order valence-electron chi connectivity index (χ2n) is 2.27. The van der Waals surface area contributed by atoms with Crippen LogP contribution in [0.3, 0.4) is 0 Å². The standard InChI is InChI=1S/C6H3Cl3O3P2/c7-13(8)10-4-2-1-3-5-6(4)12-14(9)11-5/h1-3H. The van der Waals surface area contributed by atoms with Crippen LogP contribution in [0.4, 0.5) is 0 Å². The monoisotopic (exact) mass is 290 g/mol. The molecule has 0 fully saturated rings. The lowest BCUT2D eigenvalue weighted by molar-refractivity contribution is 0.561. The van der Waals surface area contributed by atoms with Gasteiger partial charge in [0.1, 0.15) is 0 Å². The minimum atomic E-state index is -1.52. The Morgan fingerprint density at radius 3 is 2.79 bits per heavy atom. The van der Waals surface area contributed by atoms with Gasteiger partial charge in [0, 0.05) is 0 Å². The van der Waals surface area contributed by atoms with E-state index in [1.165, 1.54) is 0 Å². The molecule has 0 spiro atoms. The topological polar surface area (TPSA) is 27.7 Å². The van der Waals surface area contributed by atoms with Gasteiger partial charge in [-0.1, -0.05) is 6.07 Å². The van der Waals surface area contributed by atoms with E-state index < -0.39 is 14.6 Å². The number of para-hydroxylation sites is 1. The number of rotatable bonds is 2. The first-order chi connectivity index (χ1) is 6.66. The fourth-order valence-electron chi connectivity index (χ4n) is 0.972. The molecule has 0 aliphatic carbocycles. The Morgan fingerprint density at radius 2 is 2.07 bits per heavy atom. The number of hydrogen-bond acceptors (Lipinski definition) is 3. The van der Waals surface area contributed by atoms with E-state index in [9.17, 15) is 0 Å². The van der Waals surface area contributed by atoms with Crippen molar-refractivity contribution in [3.63, 3.8) is 0 Å².